The van der Waals surface area contributed by atoms with Crippen LogP contribution in [0.4, 0.5) is 0 Å². The first kappa shape index (κ1) is 14.7. The second kappa shape index (κ2) is 7.20. The molecule has 0 heterocycles. The predicted octanol–water partition coefficient (Wildman–Crippen LogP) is 2.96. The molecule has 2 unspecified atom stereocenters. The van der Waals surface area contributed by atoms with Gasteiger partial charge in [0.1, 0.15) is 6.10 Å². The van der Waals surface area contributed by atoms with E-state index in [4.69, 9.17) is 10.5 Å². The fourth-order valence-corrected chi connectivity index (χ4v) is 2.03. The Morgan fingerprint density at radius 2 is 1.65 bits per heavy atom. The van der Waals surface area contributed by atoms with Crippen molar-refractivity contribution in [2.75, 3.05) is 6.61 Å². The number of aliphatic hydroxyl groups is 1. The molecule has 2 aromatic carbocycles. The van der Waals surface area contributed by atoms with E-state index in [9.17, 15) is 5.11 Å². The van der Waals surface area contributed by atoms with Gasteiger partial charge in [0.25, 0.3) is 0 Å². The van der Waals surface area contributed by atoms with E-state index in [0.29, 0.717) is 6.54 Å². The fraction of sp³-hybridized carbons (Fsp3) is 0.294. The number of aliphatic hydroxyl groups excluding tert-OH is 1. The topological polar surface area (TPSA) is 55.5 Å². The van der Waals surface area contributed by atoms with Crippen LogP contribution in [0.2, 0.25) is 0 Å². The van der Waals surface area contributed by atoms with Crippen molar-refractivity contribution in [2.24, 2.45) is 5.73 Å². The van der Waals surface area contributed by atoms with Crippen LogP contribution in [0.25, 0.3) is 0 Å². The molecule has 0 aliphatic carbocycles. The number of hydrogen-bond acceptors (Lipinski definition) is 3. The molecule has 3 nitrogen and oxygen atoms in total. The van der Waals surface area contributed by atoms with Gasteiger partial charge in [-0.05, 0) is 23.6 Å². The van der Waals surface area contributed by atoms with Crippen LogP contribution in [0.1, 0.15) is 35.8 Å². The highest BCUT2D eigenvalue weighted by molar-refractivity contribution is 5.24. The zero-order valence-corrected chi connectivity index (χ0v) is 11.7. The molecule has 0 radical (unpaired) electrons. The number of benzene rings is 2. The highest BCUT2D eigenvalue weighted by atomic mass is 16.5. The van der Waals surface area contributed by atoms with Gasteiger partial charge in [0, 0.05) is 6.54 Å². The monoisotopic (exact) mass is 271 g/mol. The maximum absolute atomic E-state index is 10.1. The lowest BCUT2D eigenvalue weighted by Crippen LogP contribution is -2.10. The lowest BCUT2D eigenvalue weighted by Gasteiger charge is -2.17. The fourth-order valence-electron chi connectivity index (χ4n) is 2.03. The van der Waals surface area contributed by atoms with Crippen molar-refractivity contribution in [3.63, 3.8) is 0 Å². The largest absolute Gasteiger partial charge is 0.386 e. The van der Waals surface area contributed by atoms with Gasteiger partial charge in [0.2, 0.25) is 0 Å². The van der Waals surface area contributed by atoms with Crippen LogP contribution in [0, 0.1) is 0 Å². The summed E-state index contributed by atoms with van der Waals surface area (Å²) in [4.78, 5) is 0. The lowest BCUT2D eigenvalue weighted by molar-refractivity contribution is -0.00360. The smallest absolute Gasteiger partial charge is 0.102 e. The maximum atomic E-state index is 10.1. The molecule has 20 heavy (non-hydrogen) atoms. The van der Waals surface area contributed by atoms with Crippen molar-refractivity contribution < 1.29 is 9.84 Å². The van der Waals surface area contributed by atoms with Gasteiger partial charge < -0.3 is 15.6 Å². The molecule has 106 valence electrons. The van der Waals surface area contributed by atoms with Gasteiger partial charge in [0.15, 0.2) is 0 Å². The normalized spacial score (nSPS) is 13.9. The molecule has 2 rings (SSSR count). The van der Waals surface area contributed by atoms with E-state index in [1.165, 1.54) is 0 Å². The van der Waals surface area contributed by atoms with Crippen molar-refractivity contribution in [3.05, 3.63) is 71.3 Å². The van der Waals surface area contributed by atoms with Crippen LogP contribution in [-0.2, 0) is 11.3 Å². The number of nitrogens with two attached hydrogens (primary N) is 1. The quantitative estimate of drug-likeness (QED) is 0.849. The SMILES string of the molecule is CC(OCC(O)c1ccc(CN)cc1)c1ccccc1. The molecule has 0 aliphatic rings. The number of ether oxygens (including phenoxy) is 1. The molecule has 2 aromatic rings. The summed E-state index contributed by atoms with van der Waals surface area (Å²) in [5, 5.41) is 10.1. The summed E-state index contributed by atoms with van der Waals surface area (Å²) in [6.45, 7) is 2.77. The molecule has 2 atom stereocenters. The summed E-state index contributed by atoms with van der Waals surface area (Å²) in [5.74, 6) is 0. The molecule has 3 heteroatoms. The third-order valence-corrected chi connectivity index (χ3v) is 3.37. The summed E-state index contributed by atoms with van der Waals surface area (Å²) in [6, 6.07) is 17.6. The van der Waals surface area contributed by atoms with Crippen LogP contribution in [0.3, 0.4) is 0 Å². The van der Waals surface area contributed by atoms with E-state index in [1.807, 2.05) is 61.5 Å². The van der Waals surface area contributed by atoms with E-state index in [0.717, 1.165) is 16.7 Å². The summed E-state index contributed by atoms with van der Waals surface area (Å²) >= 11 is 0. The first-order valence-electron chi connectivity index (χ1n) is 6.84. The van der Waals surface area contributed by atoms with Gasteiger partial charge in [-0.2, -0.15) is 0 Å². The van der Waals surface area contributed by atoms with Crippen LogP contribution < -0.4 is 5.73 Å². The standard InChI is InChI=1S/C17H21NO2/c1-13(15-5-3-2-4-6-15)20-12-17(19)16-9-7-14(11-18)8-10-16/h2-10,13,17,19H,11-12,18H2,1H3. The number of hydrogen-bond donors (Lipinski definition) is 2. The minimum Gasteiger partial charge on any atom is -0.386 e. The van der Waals surface area contributed by atoms with Crippen LogP contribution in [-0.4, -0.2) is 11.7 Å². The lowest BCUT2D eigenvalue weighted by atomic mass is 10.1. The summed E-state index contributed by atoms with van der Waals surface area (Å²) < 4.78 is 5.73. The van der Waals surface area contributed by atoms with Crippen LogP contribution in [0.15, 0.2) is 54.6 Å². The first-order chi connectivity index (χ1) is 9.70. The second-order valence-electron chi connectivity index (χ2n) is 4.85. The molecule has 0 aliphatic heterocycles. The Labute approximate surface area is 120 Å². The Kier molecular flexibility index (Phi) is 5.30. The van der Waals surface area contributed by atoms with E-state index >= 15 is 0 Å². The predicted molar refractivity (Wildman–Crippen MR) is 80.1 cm³/mol. The Morgan fingerprint density at radius 3 is 2.25 bits per heavy atom. The first-order valence-corrected chi connectivity index (χ1v) is 6.84. The highest BCUT2D eigenvalue weighted by Gasteiger charge is 2.11. The average Bonchev–Trinajstić information content (AvgIpc) is 2.53. The van der Waals surface area contributed by atoms with E-state index in [-0.39, 0.29) is 12.7 Å². The molecule has 0 saturated carbocycles. The Bertz CT molecular complexity index is 510. The zero-order valence-electron chi connectivity index (χ0n) is 11.7. The molecule has 0 saturated heterocycles. The van der Waals surface area contributed by atoms with E-state index in [2.05, 4.69) is 0 Å². The number of rotatable bonds is 6. The van der Waals surface area contributed by atoms with Gasteiger partial charge in [-0.15, -0.1) is 0 Å². The van der Waals surface area contributed by atoms with Gasteiger partial charge in [-0.3, -0.25) is 0 Å². The van der Waals surface area contributed by atoms with Crippen LogP contribution in [0.5, 0.6) is 0 Å². The molecule has 0 aromatic heterocycles. The Balaban J connectivity index is 1.89. The summed E-state index contributed by atoms with van der Waals surface area (Å²) in [7, 11) is 0. The average molecular weight is 271 g/mol. The molecule has 0 amide bonds. The van der Waals surface area contributed by atoms with Crippen molar-refractivity contribution in [3.8, 4) is 0 Å². The Morgan fingerprint density at radius 1 is 1.00 bits per heavy atom. The molecule has 3 N–H and O–H groups in total. The molecule has 0 spiro atoms. The minimum absolute atomic E-state index is 0.0332. The zero-order chi connectivity index (χ0) is 14.4. The van der Waals surface area contributed by atoms with Crippen LogP contribution >= 0.6 is 0 Å². The maximum Gasteiger partial charge on any atom is 0.102 e. The van der Waals surface area contributed by atoms with Gasteiger partial charge in [0.05, 0.1) is 12.7 Å². The molecule has 0 fully saturated rings. The van der Waals surface area contributed by atoms with Crippen molar-refractivity contribution in [2.45, 2.75) is 25.7 Å². The van der Waals surface area contributed by atoms with Gasteiger partial charge >= 0.3 is 0 Å². The van der Waals surface area contributed by atoms with Crippen molar-refractivity contribution >= 4 is 0 Å². The highest BCUT2D eigenvalue weighted by Crippen LogP contribution is 2.20. The third kappa shape index (κ3) is 3.90. The molecular weight excluding hydrogens is 250 g/mol. The minimum atomic E-state index is -0.618. The third-order valence-electron chi connectivity index (χ3n) is 3.37. The van der Waals surface area contributed by atoms with Gasteiger partial charge in [-0.1, -0.05) is 54.6 Å². The molecule has 0 bridgehead atoms. The summed E-state index contributed by atoms with van der Waals surface area (Å²) in [6.07, 6.45) is -0.651. The van der Waals surface area contributed by atoms with E-state index in [1.54, 1.807) is 0 Å². The Hall–Kier alpha value is -1.68. The van der Waals surface area contributed by atoms with E-state index < -0.39 is 6.10 Å². The molecular formula is C17H21NO2. The van der Waals surface area contributed by atoms with Crippen molar-refractivity contribution in [1.82, 2.24) is 0 Å². The van der Waals surface area contributed by atoms with Gasteiger partial charge in [-0.25, -0.2) is 0 Å². The summed E-state index contributed by atoms with van der Waals surface area (Å²) in [5.41, 5.74) is 8.57. The second-order valence-corrected chi connectivity index (χ2v) is 4.85. The van der Waals surface area contributed by atoms with Crippen molar-refractivity contribution in [1.29, 1.82) is 0 Å².